The zero-order valence-corrected chi connectivity index (χ0v) is 13.2. The number of nitrogens with zero attached hydrogens (tertiary/aromatic N) is 4. The van der Waals surface area contributed by atoms with Gasteiger partial charge in [-0.25, -0.2) is 9.78 Å². The zero-order chi connectivity index (χ0) is 16.1. The van der Waals surface area contributed by atoms with Crippen LogP contribution in [0.25, 0.3) is 0 Å². The highest BCUT2D eigenvalue weighted by Gasteiger charge is 2.22. The first-order chi connectivity index (χ1) is 11.2. The monoisotopic (exact) mass is 311 g/mol. The fourth-order valence-electron chi connectivity index (χ4n) is 2.69. The third kappa shape index (κ3) is 3.77. The summed E-state index contributed by atoms with van der Waals surface area (Å²) in [6, 6.07) is 9.69. The lowest BCUT2D eigenvalue weighted by Crippen LogP contribution is -2.52. The molecule has 0 radical (unpaired) electrons. The number of hydrogen-bond donors (Lipinski definition) is 1. The van der Waals surface area contributed by atoms with E-state index in [9.17, 15) is 4.79 Å². The lowest BCUT2D eigenvalue weighted by atomic mass is 10.1. The quantitative estimate of drug-likeness (QED) is 0.942. The highest BCUT2D eigenvalue weighted by molar-refractivity contribution is 5.75. The highest BCUT2D eigenvalue weighted by atomic mass is 16.2. The molecule has 0 spiro atoms. The maximum absolute atomic E-state index is 12.4. The van der Waals surface area contributed by atoms with Gasteiger partial charge in [0.05, 0.1) is 6.04 Å². The minimum absolute atomic E-state index is 0.0185. The number of aromatic nitrogens is 2. The molecule has 2 aromatic heterocycles. The van der Waals surface area contributed by atoms with Crippen LogP contribution in [0.3, 0.4) is 0 Å². The molecule has 2 amide bonds. The molecule has 0 aromatic carbocycles. The van der Waals surface area contributed by atoms with Crippen molar-refractivity contribution in [3.05, 3.63) is 54.5 Å². The number of rotatable bonds is 3. The number of urea groups is 1. The Hall–Kier alpha value is -2.63. The van der Waals surface area contributed by atoms with Crippen LogP contribution in [0.1, 0.15) is 18.5 Å². The second-order valence-corrected chi connectivity index (χ2v) is 5.61. The smallest absolute Gasteiger partial charge is 0.317 e. The summed E-state index contributed by atoms with van der Waals surface area (Å²) in [6.45, 7) is 4.98. The van der Waals surface area contributed by atoms with Gasteiger partial charge in [-0.2, -0.15) is 0 Å². The SMILES string of the molecule is CC(NC(=O)N1CCN(c2ccccn2)CC1)c1ccncc1. The molecule has 1 N–H and O–H groups in total. The van der Waals surface area contributed by atoms with Gasteiger partial charge >= 0.3 is 6.03 Å². The van der Waals surface area contributed by atoms with E-state index in [2.05, 4.69) is 20.2 Å². The van der Waals surface area contributed by atoms with Gasteiger partial charge in [-0.3, -0.25) is 4.98 Å². The Balaban J connectivity index is 1.52. The van der Waals surface area contributed by atoms with Gasteiger partial charge in [0.2, 0.25) is 0 Å². The van der Waals surface area contributed by atoms with Crippen molar-refractivity contribution >= 4 is 11.8 Å². The lowest BCUT2D eigenvalue weighted by Gasteiger charge is -2.35. The van der Waals surface area contributed by atoms with Gasteiger partial charge in [0, 0.05) is 44.8 Å². The van der Waals surface area contributed by atoms with Crippen LogP contribution >= 0.6 is 0 Å². The molecule has 1 atom stereocenters. The van der Waals surface area contributed by atoms with E-state index in [1.165, 1.54) is 0 Å². The summed E-state index contributed by atoms with van der Waals surface area (Å²) in [4.78, 5) is 24.8. The second kappa shape index (κ2) is 7.09. The van der Waals surface area contributed by atoms with Crippen molar-refractivity contribution in [1.29, 1.82) is 0 Å². The molecule has 1 unspecified atom stereocenters. The maximum atomic E-state index is 12.4. The number of piperazine rings is 1. The molecule has 1 fully saturated rings. The number of carbonyl (C=O) groups excluding carboxylic acids is 1. The number of nitrogens with one attached hydrogen (secondary N) is 1. The van der Waals surface area contributed by atoms with E-state index >= 15 is 0 Å². The predicted octanol–water partition coefficient (Wildman–Crippen LogP) is 2.07. The van der Waals surface area contributed by atoms with E-state index in [0.717, 1.165) is 24.5 Å². The van der Waals surface area contributed by atoms with Gasteiger partial charge in [-0.1, -0.05) is 6.07 Å². The Labute approximate surface area is 136 Å². The lowest BCUT2D eigenvalue weighted by molar-refractivity contribution is 0.191. The van der Waals surface area contributed by atoms with Crippen LogP contribution in [-0.4, -0.2) is 47.1 Å². The Morgan fingerprint density at radius 3 is 2.48 bits per heavy atom. The summed E-state index contributed by atoms with van der Waals surface area (Å²) in [7, 11) is 0. The molecule has 120 valence electrons. The first-order valence-corrected chi connectivity index (χ1v) is 7.85. The average molecular weight is 311 g/mol. The Morgan fingerprint density at radius 2 is 1.83 bits per heavy atom. The van der Waals surface area contributed by atoms with Crippen molar-refractivity contribution in [2.75, 3.05) is 31.1 Å². The number of anilines is 1. The molecule has 3 heterocycles. The van der Waals surface area contributed by atoms with Crippen molar-refractivity contribution in [3.63, 3.8) is 0 Å². The molecule has 6 heteroatoms. The number of carbonyl (C=O) groups is 1. The van der Waals surface area contributed by atoms with Crippen molar-refractivity contribution in [2.24, 2.45) is 0 Å². The van der Waals surface area contributed by atoms with Gasteiger partial charge in [-0.05, 0) is 36.8 Å². The summed E-state index contributed by atoms with van der Waals surface area (Å²) in [5.41, 5.74) is 1.06. The zero-order valence-electron chi connectivity index (χ0n) is 13.2. The third-order valence-corrected chi connectivity index (χ3v) is 4.09. The van der Waals surface area contributed by atoms with E-state index in [-0.39, 0.29) is 12.1 Å². The van der Waals surface area contributed by atoms with Crippen LogP contribution in [0.15, 0.2) is 48.9 Å². The first-order valence-electron chi connectivity index (χ1n) is 7.85. The van der Waals surface area contributed by atoms with E-state index in [1.807, 2.05) is 42.2 Å². The molecule has 3 rings (SSSR count). The topological polar surface area (TPSA) is 61.4 Å². The highest BCUT2D eigenvalue weighted by Crippen LogP contribution is 2.14. The fourth-order valence-corrected chi connectivity index (χ4v) is 2.69. The van der Waals surface area contributed by atoms with Crippen molar-refractivity contribution in [2.45, 2.75) is 13.0 Å². The van der Waals surface area contributed by atoms with Gasteiger partial charge in [0.15, 0.2) is 0 Å². The van der Waals surface area contributed by atoms with E-state index in [0.29, 0.717) is 13.1 Å². The van der Waals surface area contributed by atoms with Gasteiger partial charge in [0.25, 0.3) is 0 Å². The van der Waals surface area contributed by atoms with Crippen LogP contribution in [0.4, 0.5) is 10.6 Å². The predicted molar refractivity (Wildman–Crippen MR) is 89.2 cm³/mol. The molecule has 1 aliphatic rings. The molecule has 1 saturated heterocycles. The molecule has 1 aliphatic heterocycles. The van der Waals surface area contributed by atoms with Crippen LogP contribution < -0.4 is 10.2 Å². The number of pyridine rings is 2. The average Bonchev–Trinajstić information content (AvgIpc) is 2.63. The Morgan fingerprint density at radius 1 is 1.09 bits per heavy atom. The van der Waals surface area contributed by atoms with E-state index < -0.39 is 0 Å². The number of hydrogen-bond acceptors (Lipinski definition) is 4. The second-order valence-electron chi connectivity index (χ2n) is 5.61. The summed E-state index contributed by atoms with van der Waals surface area (Å²) >= 11 is 0. The van der Waals surface area contributed by atoms with Crippen LogP contribution in [0.5, 0.6) is 0 Å². The molecular weight excluding hydrogens is 290 g/mol. The maximum Gasteiger partial charge on any atom is 0.317 e. The van der Waals surface area contributed by atoms with Gasteiger partial charge in [0.1, 0.15) is 5.82 Å². The molecule has 0 saturated carbocycles. The summed E-state index contributed by atoms with van der Waals surface area (Å²) in [5.74, 6) is 0.970. The molecule has 0 aliphatic carbocycles. The number of amides is 2. The fraction of sp³-hybridized carbons (Fsp3) is 0.353. The van der Waals surface area contributed by atoms with Crippen LogP contribution in [0.2, 0.25) is 0 Å². The van der Waals surface area contributed by atoms with E-state index in [4.69, 9.17) is 0 Å². The molecular formula is C17H21N5O. The van der Waals surface area contributed by atoms with Crippen molar-refractivity contribution < 1.29 is 4.79 Å². The molecule has 2 aromatic rings. The Kier molecular flexibility index (Phi) is 4.71. The van der Waals surface area contributed by atoms with Crippen LogP contribution in [0, 0.1) is 0 Å². The van der Waals surface area contributed by atoms with Crippen molar-refractivity contribution in [3.8, 4) is 0 Å². The normalized spacial score (nSPS) is 16.0. The molecule has 23 heavy (non-hydrogen) atoms. The van der Waals surface area contributed by atoms with Gasteiger partial charge < -0.3 is 15.1 Å². The summed E-state index contributed by atoms with van der Waals surface area (Å²) in [6.07, 6.45) is 5.28. The summed E-state index contributed by atoms with van der Waals surface area (Å²) < 4.78 is 0. The Bertz CT molecular complexity index is 626. The first kappa shape index (κ1) is 15.3. The van der Waals surface area contributed by atoms with Crippen molar-refractivity contribution in [1.82, 2.24) is 20.2 Å². The standard InChI is InChI=1S/C17H21N5O/c1-14(15-5-8-18-9-6-15)20-17(23)22-12-10-21(11-13-22)16-4-2-3-7-19-16/h2-9,14H,10-13H2,1H3,(H,20,23). The van der Waals surface area contributed by atoms with Crippen LogP contribution in [-0.2, 0) is 0 Å². The molecule has 0 bridgehead atoms. The largest absolute Gasteiger partial charge is 0.353 e. The van der Waals surface area contributed by atoms with E-state index in [1.54, 1.807) is 18.6 Å². The summed E-state index contributed by atoms with van der Waals surface area (Å²) in [5, 5.41) is 3.05. The molecule has 6 nitrogen and oxygen atoms in total. The van der Waals surface area contributed by atoms with Gasteiger partial charge in [-0.15, -0.1) is 0 Å². The minimum Gasteiger partial charge on any atom is -0.353 e. The third-order valence-electron chi connectivity index (χ3n) is 4.09. The minimum atomic E-state index is -0.0284.